The number of nitrogens with one attached hydrogen (secondary N) is 1. The van der Waals surface area contributed by atoms with Gasteiger partial charge in [0.2, 0.25) is 21.8 Å². The summed E-state index contributed by atoms with van der Waals surface area (Å²) in [6.45, 7) is 6.63. The van der Waals surface area contributed by atoms with Crippen molar-refractivity contribution in [1.82, 2.24) is 14.3 Å². The van der Waals surface area contributed by atoms with Crippen molar-refractivity contribution in [1.29, 1.82) is 0 Å². The van der Waals surface area contributed by atoms with Crippen molar-refractivity contribution in [3.05, 3.63) is 53.0 Å². The minimum Gasteiger partial charge on any atom is -0.475 e. The highest BCUT2D eigenvalue weighted by Crippen LogP contribution is 2.28. The van der Waals surface area contributed by atoms with Gasteiger partial charge in [0, 0.05) is 30.6 Å². The fourth-order valence-corrected chi connectivity index (χ4v) is 5.22. The van der Waals surface area contributed by atoms with Crippen molar-refractivity contribution in [2.75, 3.05) is 18.4 Å². The number of carbonyl (C=O) groups excluding carboxylic acids is 1. The second-order valence-electron chi connectivity index (χ2n) is 7.78. The molecule has 174 valence electrons. The number of hydrogen-bond acceptors (Lipinski definition) is 8. The van der Waals surface area contributed by atoms with Gasteiger partial charge in [0.1, 0.15) is 5.75 Å². The van der Waals surface area contributed by atoms with Crippen molar-refractivity contribution in [2.24, 2.45) is 0 Å². The monoisotopic (exact) mass is 488 g/mol. The van der Waals surface area contributed by atoms with Gasteiger partial charge in [-0.15, -0.1) is 11.3 Å². The Morgan fingerprint density at radius 3 is 2.39 bits per heavy atom. The first-order chi connectivity index (χ1) is 15.7. The average molecular weight is 489 g/mol. The Balaban J connectivity index is 1.56. The largest absolute Gasteiger partial charge is 0.475 e. The maximum Gasteiger partial charge on any atom is 0.257 e. The van der Waals surface area contributed by atoms with Crippen LogP contribution in [0.3, 0.4) is 0 Å². The average Bonchev–Trinajstić information content (AvgIpc) is 3.10. The third-order valence-electron chi connectivity index (χ3n) is 4.74. The molecule has 0 saturated carbocycles. The summed E-state index contributed by atoms with van der Waals surface area (Å²) in [4.78, 5) is 21.5. The van der Waals surface area contributed by atoms with E-state index in [2.05, 4.69) is 15.3 Å². The smallest absolute Gasteiger partial charge is 0.257 e. The van der Waals surface area contributed by atoms with Gasteiger partial charge in [0.25, 0.3) is 5.91 Å². The van der Waals surface area contributed by atoms with E-state index in [1.807, 2.05) is 26.2 Å². The molecule has 33 heavy (non-hydrogen) atoms. The van der Waals surface area contributed by atoms with E-state index in [0.29, 0.717) is 29.5 Å². The molecule has 0 aliphatic carbocycles. The zero-order valence-electron chi connectivity index (χ0n) is 18.4. The van der Waals surface area contributed by atoms with Crippen LogP contribution in [0.1, 0.15) is 36.3 Å². The third-order valence-corrected chi connectivity index (χ3v) is 7.52. The fraction of sp³-hybridized carbons (Fsp3) is 0.318. The summed E-state index contributed by atoms with van der Waals surface area (Å²) in [5.41, 5.74) is 1.11. The number of carbonyl (C=O) groups is 1. The van der Waals surface area contributed by atoms with E-state index in [1.165, 1.54) is 39.9 Å². The van der Waals surface area contributed by atoms with Crippen LogP contribution in [0.2, 0.25) is 0 Å². The zero-order chi connectivity index (χ0) is 23.6. The van der Waals surface area contributed by atoms with Crippen molar-refractivity contribution >= 4 is 32.4 Å². The van der Waals surface area contributed by atoms with Crippen LogP contribution < -0.4 is 14.8 Å². The first-order valence-electron chi connectivity index (χ1n) is 10.4. The van der Waals surface area contributed by atoms with Crippen LogP contribution in [0, 0.1) is 6.92 Å². The lowest BCUT2D eigenvalue weighted by Crippen LogP contribution is -2.41. The molecule has 1 amide bonds. The molecule has 1 aliphatic heterocycles. The third kappa shape index (κ3) is 5.49. The normalized spacial score (nSPS) is 14.1. The van der Waals surface area contributed by atoms with E-state index < -0.39 is 10.0 Å². The van der Waals surface area contributed by atoms with E-state index in [4.69, 9.17) is 9.47 Å². The Bertz CT molecular complexity index is 1250. The molecule has 3 heterocycles. The Morgan fingerprint density at radius 1 is 1.12 bits per heavy atom. The number of sulfonamides is 1. The van der Waals surface area contributed by atoms with E-state index in [1.54, 1.807) is 12.1 Å². The van der Waals surface area contributed by atoms with Gasteiger partial charge in [-0.25, -0.2) is 13.4 Å². The standard InChI is InChI=1S/C22H24N4O5S2/c1-14(2)30-19-11-16(21(27)25-22-23-15(3)13-32-22)12-20(24-19)31-17-5-7-18(8-6-17)33(28,29)26-9-4-10-26/h5-8,11-14H,4,9-10H2,1-3H3,(H,23,25,27). The van der Waals surface area contributed by atoms with Gasteiger partial charge in [-0.2, -0.15) is 9.29 Å². The Morgan fingerprint density at radius 2 is 1.82 bits per heavy atom. The lowest BCUT2D eigenvalue weighted by atomic mass is 10.2. The number of aryl methyl sites for hydroxylation is 1. The highest BCUT2D eigenvalue weighted by Gasteiger charge is 2.29. The molecule has 1 saturated heterocycles. The number of nitrogens with zero attached hydrogens (tertiary/aromatic N) is 3. The SMILES string of the molecule is Cc1csc(NC(=O)c2cc(Oc3ccc(S(=O)(=O)N4CCC4)cc3)nc(OC(C)C)c2)n1. The lowest BCUT2D eigenvalue weighted by Gasteiger charge is -2.29. The lowest BCUT2D eigenvalue weighted by molar-refractivity contribution is 0.102. The summed E-state index contributed by atoms with van der Waals surface area (Å²) in [5.74, 6) is 0.391. The highest BCUT2D eigenvalue weighted by molar-refractivity contribution is 7.89. The Hall–Kier alpha value is -3.02. The fourth-order valence-electron chi connectivity index (χ4n) is 3.02. The summed E-state index contributed by atoms with van der Waals surface area (Å²) >= 11 is 1.33. The molecule has 0 unspecified atom stereocenters. The first-order valence-corrected chi connectivity index (χ1v) is 12.7. The summed E-state index contributed by atoms with van der Waals surface area (Å²) in [6, 6.07) is 9.13. The van der Waals surface area contributed by atoms with Gasteiger partial charge >= 0.3 is 0 Å². The predicted molar refractivity (Wildman–Crippen MR) is 125 cm³/mol. The molecule has 1 aliphatic rings. The number of hydrogen-bond donors (Lipinski definition) is 1. The van der Waals surface area contributed by atoms with Gasteiger partial charge in [0.05, 0.1) is 22.3 Å². The molecule has 1 aromatic carbocycles. The Labute approximate surface area is 196 Å². The van der Waals surface area contributed by atoms with Crippen LogP contribution in [0.25, 0.3) is 0 Å². The van der Waals surface area contributed by atoms with E-state index in [9.17, 15) is 13.2 Å². The molecule has 0 spiro atoms. The molecule has 2 aromatic heterocycles. The number of aromatic nitrogens is 2. The predicted octanol–water partition coefficient (Wildman–Crippen LogP) is 4.07. The van der Waals surface area contributed by atoms with E-state index in [-0.39, 0.29) is 28.7 Å². The molecule has 0 bridgehead atoms. The molecule has 0 atom stereocenters. The molecular weight excluding hydrogens is 464 g/mol. The van der Waals surface area contributed by atoms with E-state index in [0.717, 1.165) is 12.1 Å². The van der Waals surface area contributed by atoms with Crippen molar-refractivity contribution in [3.63, 3.8) is 0 Å². The van der Waals surface area contributed by atoms with Gasteiger partial charge in [0.15, 0.2) is 5.13 Å². The zero-order valence-corrected chi connectivity index (χ0v) is 20.1. The Kier molecular flexibility index (Phi) is 6.63. The van der Waals surface area contributed by atoms with Crippen LogP contribution in [-0.2, 0) is 10.0 Å². The summed E-state index contributed by atoms with van der Waals surface area (Å²) in [6.07, 6.45) is 0.718. The molecule has 1 fully saturated rings. The number of amides is 1. The number of rotatable bonds is 8. The molecule has 11 heteroatoms. The van der Waals surface area contributed by atoms with Crippen LogP contribution in [-0.4, -0.2) is 47.8 Å². The van der Waals surface area contributed by atoms with E-state index >= 15 is 0 Å². The van der Waals surface area contributed by atoms with Gasteiger partial charge in [-0.05, 0) is 51.5 Å². The number of benzene rings is 1. The maximum absolute atomic E-state index is 12.8. The molecule has 1 N–H and O–H groups in total. The van der Waals surface area contributed by atoms with Crippen LogP contribution in [0.5, 0.6) is 17.5 Å². The second kappa shape index (κ2) is 9.46. The molecule has 4 rings (SSSR count). The summed E-state index contributed by atoms with van der Waals surface area (Å²) in [5, 5.41) is 5.09. The first kappa shape index (κ1) is 23.1. The topological polar surface area (TPSA) is 111 Å². The van der Waals surface area contributed by atoms with Gasteiger partial charge < -0.3 is 9.47 Å². The summed E-state index contributed by atoms with van der Waals surface area (Å²) < 4.78 is 38.0. The highest BCUT2D eigenvalue weighted by atomic mass is 32.2. The van der Waals surface area contributed by atoms with Gasteiger partial charge in [-0.3, -0.25) is 10.1 Å². The van der Waals surface area contributed by atoms with Gasteiger partial charge in [-0.1, -0.05) is 0 Å². The second-order valence-corrected chi connectivity index (χ2v) is 10.6. The van der Waals surface area contributed by atoms with Crippen LogP contribution in [0.4, 0.5) is 5.13 Å². The quantitative estimate of drug-likeness (QED) is 0.509. The van der Waals surface area contributed by atoms with Crippen molar-refractivity contribution in [3.8, 4) is 17.5 Å². The minimum atomic E-state index is -3.47. The molecular formula is C22H24N4O5S2. The molecule has 9 nitrogen and oxygen atoms in total. The van der Waals surface area contributed by atoms with Crippen LogP contribution >= 0.6 is 11.3 Å². The minimum absolute atomic E-state index is 0.145. The maximum atomic E-state index is 12.8. The summed E-state index contributed by atoms with van der Waals surface area (Å²) in [7, 11) is -3.47. The number of ether oxygens (including phenoxy) is 2. The van der Waals surface area contributed by atoms with Crippen molar-refractivity contribution < 1.29 is 22.7 Å². The molecule has 0 radical (unpaired) electrons. The van der Waals surface area contributed by atoms with Crippen molar-refractivity contribution in [2.45, 2.75) is 38.2 Å². The number of anilines is 1. The molecule has 3 aromatic rings. The number of thiazole rings is 1. The van der Waals surface area contributed by atoms with Crippen LogP contribution in [0.15, 0.2) is 46.7 Å². The number of pyridine rings is 1.